The number of nitrogens with zero attached hydrogens (tertiary/aromatic N) is 1. The summed E-state index contributed by atoms with van der Waals surface area (Å²) in [7, 11) is 1.27. The van der Waals surface area contributed by atoms with Gasteiger partial charge in [0.25, 0.3) is 5.91 Å². The molecule has 2 atom stereocenters. The maximum Gasteiger partial charge on any atom is 0.417 e. The minimum atomic E-state index is -1.56. The number of carbonyl (C=O) groups is 3. The molecular formula is C34H41NO7. The van der Waals surface area contributed by atoms with Crippen LogP contribution in [-0.2, 0) is 20.7 Å². The largest absolute Gasteiger partial charge is 0.457 e. The normalized spacial score (nSPS) is 15.5. The van der Waals surface area contributed by atoms with Crippen molar-refractivity contribution in [2.75, 3.05) is 20.3 Å². The number of amides is 2. The molecule has 1 aliphatic heterocycles. The quantitative estimate of drug-likeness (QED) is 0.113. The highest BCUT2D eigenvalue weighted by atomic mass is 16.6. The number of Topliss-reactive ketones (excluding diaryl/α,β-unsaturated/α-hetero) is 1. The van der Waals surface area contributed by atoms with Crippen LogP contribution in [0.5, 0.6) is 0 Å². The molecule has 42 heavy (non-hydrogen) atoms. The number of carbonyl (C=O) groups excluding carboxylic acids is 3. The minimum absolute atomic E-state index is 0.00424. The maximum atomic E-state index is 13.7. The third-order valence-electron chi connectivity index (χ3n) is 7.69. The molecule has 0 bridgehead atoms. The van der Waals surface area contributed by atoms with Gasteiger partial charge in [0.05, 0.1) is 0 Å². The third-order valence-corrected chi connectivity index (χ3v) is 7.69. The highest BCUT2D eigenvalue weighted by Gasteiger charge is 2.44. The molecule has 1 saturated heterocycles. The average Bonchev–Trinajstić information content (AvgIpc) is 3.61. The van der Waals surface area contributed by atoms with Crippen molar-refractivity contribution < 1.29 is 33.4 Å². The van der Waals surface area contributed by atoms with Crippen LogP contribution in [0.4, 0.5) is 4.79 Å². The zero-order valence-corrected chi connectivity index (χ0v) is 24.6. The van der Waals surface area contributed by atoms with E-state index >= 15 is 0 Å². The molecule has 0 unspecified atom stereocenters. The Morgan fingerprint density at radius 1 is 0.952 bits per heavy atom. The van der Waals surface area contributed by atoms with Crippen molar-refractivity contribution in [1.82, 2.24) is 4.90 Å². The molecule has 0 aliphatic carbocycles. The average molecular weight is 576 g/mol. The van der Waals surface area contributed by atoms with Gasteiger partial charge in [0.1, 0.15) is 18.4 Å². The summed E-state index contributed by atoms with van der Waals surface area (Å²) in [6.45, 7) is 2.27. The molecule has 1 N–H and O–H groups in total. The van der Waals surface area contributed by atoms with Gasteiger partial charge < -0.3 is 19.0 Å². The number of aliphatic hydroxyl groups is 1. The van der Waals surface area contributed by atoms with Crippen molar-refractivity contribution in [2.45, 2.75) is 76.9 Å². The van der Waals surface area contributed by atoms with E-state index in [-0.39, 0.29) is 19.0 Å². The monoisotopic (exact) mass is 575 g/mol. The molecule has 0 saturated carbocycles. The number of cyclic esters (lactones) is 1. The van der Waals surface area contributed by atoms with E-state index < -0.39 is 29.9 Å². The Hall–Kier alpha value is -3.75. The Bertz CT molecular complexity index is 1330. The van der Waals surface area contributed by atoms with E-state index in [1.54, 1.807) is 18.2 Å². The van der Waals surface area contributed by atoms with Crippen molar-refractivity contribution in [3.63, 3.8) is 0 Å². The number of hydrogen-bond donors (Lipinski definition) is 1. The van der Waals surface area contributed by atoms with Gasteiger partial charge in [-0.25, -0.2) is 9.69 Å². The highest BCUT2D eigenvalue weighted by Crippen LogP contribution is 2.32. The molecule has 8 heteroatoms. The number of benzene rings is 2. The number of aryl methyl sites for hydroxylation is 2. The zero-order valence-electron chi connectivity index (χ0n) is 24.6. The lowest BCUT2D eigenvalue weighted by Gasteiger charge is -2.23. The standard InChI is InChI=1S/C34H41NO7/c1-24-15-14-18-26(21-24)27-22-30(42-29(27)19-12-7-5-3-4-6-8-13-20-36)31(37)32(40-2)33(38)35-28(23-41-34(35)39)25-16-10-9-11-17-25/h9-11,14-18,21-22,28,32,36H,3-8,12-13,19-20,23H2,1-2H3/t28-,32+/m1/s1. The lowest BCUT2D eigenvalue weighted by molar-refractivity contribution is -0.137. The lowest BCUT2D eigenvalue weighted by Crippen LogP contribution is -2.45. The van der Waals surface area contributed by atoms with E-state index in [1.807, 2.05) is 49.4 Å². The van der Waals surface area contributed by atoms with Gasteiger partial charge in [0.15, 0.2) is 5.76 Å². The van der Waals surface area contributed by atoms with E-state index in [2.05, 4.69) is 0 Å². The maximum absolute atomic E-state index is 13.7. The SMILES string of the molecule is CO[C@@H](C(=O)c1cc(-c2cccc(C)c2)c(CCCCCCCCCCO)o1)C(=O)N1C(=O)OC[C@@H]1c1ccccc1. The molecule has 2 amide bonds. The van der Waals surface area contributed by atoms with Crippen LogP contribution in [0.15, 0.2) is 65.1 Å². The van der Waals surface area contributed by atoms with E-state index in [0.29, 0.717) is 12.2 Å². The van der Waals surface area contributed by atoms with Crippen LogP contribution in [0, 0.1) is 6.92 Å². The molecule has 3 aromatic rings. The van der Waals surface area contributed by atoms with Crippen LogP contribution < -0.4 is 0 Å². The number of methoxy groups -OCH3 is 1. The molecule has 2 aromatic carbocycles. The molecule has 8 nitrogen and oxygen atoms in total. The van der Waals surface area contributed by atoms with E-state index in [4.69, 9.17) is 19.0 Å². The van der Waals surface area contributed by atoms with E-state index in [1.165, 1.54) is 7.11 Å². The van der Waals surface area contributed by atoms with Crippen molar-refractivity contribution >= 4 is 17.8 Å². The van der Waals surface area contributed by atoms with Gasteiger partial charge in [0, 0.05) is 25.7 Å². The fraction of sp³-hybridized carbons (Fsp3) is 0.441. The van der Waals surface area contributed by atoms with Crippen LogP contribution in [0.1, 0.15) is 84.9 Å². The predicted molar refractivity (Wildman–Crippen MR) is 159 cm³/mol. The predicted octanol–water partition coefficient (Wildman–Crippen LogP) is 6.83. The fourth-order valence-electron chi connectivity index (χ4n) is 5.41. The summed E-state index contributed by atoms with van der Waals surface area (Å²) >= 11 is 0. The number of rotatable bonds is 16. The van der Waals surface area contributed by atoms with Crippen molar-refractivity contribution in [3.05, 3.63) is 83.3 Å². The van der Waals surface area contributed by atoms with E-state index in [0.717, 1.165) is 78.5 Å². The smallest absolute Gasteiger partial charge is 0.417 e. The van der Waals surface area contributed by atoms with Crippen LogP contribution in [0.25, 0.3) is 11.1 Å². The molecule has 1 aliphatic rings. The van der Waals surface area contributed by atoms with Gasteiger partial charge in [-0.15, -0.1) is 0 Å². The molecule has 4 rings (SSSR count). The van der Waals surface area contributed by atoms with Crippen molar-refractivity contribution in [3.8, 4) is 11.1 Å². The first-order valence-corrected chi connectivity index (χ1v) is 14.9. The Morgan fingerprint density at radius 2 is 1.64 bits per heavy atom. The fourth-order valence-corrected chi connectivity index (χ4v) is 5.41. The topological polar surface area (TPSA) is 106 Å². The van der Waals surface area contributed by atoms with Crippen molar-refractivity contribution in [2.24, 2.45) is 0 Å². The number of aliphatic hydroxyl groups excluding tert-OH is 1. The molecule has 1 fully saturated rings. The van der Waals surface area contributed by atoms with Gasteiger partial charge in [-0.05, 0) is 37.0 Å². The lowest BCUT2D eigenvalue weighted by atomic mass is 10.00. The van der Waals surface area contributed by atoms with Crippen molar-refractivity contribution in [1.29, 1.82) is 0 Å². The summed E-state index contributed by atoms with van der Waals surface area (Å²) in [5.41, 5.74) is 3.56. The second kappa shape index (κ2) is 15.5. The van der Waals surface area contributed by atoms with Gasteiger partial charge in [-0.3, -0.25) is 9.59 Å². The van der Waals surface area contributed by atoms with Gasteiger partial charge in [-0.2, -0.15) is 0 Å². The molecule has 2 heterocycles. The summed E-state index contributed by atoms with van der Waals surface area (Å²) in [4.78, 5) is 40.8. The number of unbranched alkanes of at least 4 members (excludes halogenated alkanes) is 7. The van der Waals surface area contributed by atoms with Crippen LogP contribution in [-0.4, -0.2) is 54.2 Å². The summed E-state index contributed by atoms with van der Waals surface area (Å²) in [6, 6.07) is 18.1. The summed E-state index contributed by atoms with van der Waals surface area (Å²) in [6.07, 6.45) is 6.73. The van der Waals surface area contributed by atoms with Gasteiger partial charge >= 0.3 is 6.09 Å². The minimum Gasteiger partial charge on any atom is -0.457 e. The Labute approximate surface area is 247 Å². The molecule has 1 aromatic heterocycles. The van der Waals surface area contributed by atoms with Gasteiger partial charge in [-0.1, -0.05) is 98.7 Å². The molecule has 0 radical (unpaired) electrons. The van der Waals surface area contributed by atoms with Crippen LogP contribution >= 0.6 is 0 Å². The molecule has 224 valence electrons. The number of furan rings is 1. The first kappa shape index (κ1) is 31.2. The number of imide groups is 1. The number of ketones is 1. The van der Waals surface area contributed by atoms with E-state index in [9.17, 15) is 14.4 Å². The van der Waals surface area contributed by atoms with Crippen LogP contribution in [0.3, 0.4) is 0 Å². The second-order valence-electron chi connectivity index (χ2n) is 10.8. The first-order chi connectivity index (χ1) is 20.4. The zero-order chi connectivity index (χ0) is 29.9. The third kappa shape index (κ3) is 7.75. The summed E-state index contributed by atoms with van der Waals surface area (Å²) in [5, 5.41) is 8.91. The Balaban J connectivity index is 1.49. The Morgan fingerprint density at radius 3 is 2.31 bits per heavy atom. The molecular weight excluding hydrogens is 534 g/mol. The number of ether oxygens (including phenoxy) is 2. The Kier molecular flexibility index (Phi) is 11.5. The first-order valence-electron chi connectivity index (χ1n) is 14.9. The molecule has 0 spiro atoms. The number of hydrogen-bond acceptors (Lipinski definition) is 7. The summed E-state index contributed by atoms with van der Waals surface area (Å²) < 4.78 is 16.7. The summed E-state index contributed by atoms with van der Waals surface area (Å²) in [5.74, 6) is -0.712. The highest BCUT2D eigenvalue weighted by molar-refractivity contribution is 6.14. The second-order valence-corrected chi connectivity index (χ2v) is 10.8. The van der Waals surface area contributed by atoms with Crippen LogP contribution in [0.2, 0.25) is 0 Å². The van der Waals surface area contributed by atoms with Gasteiger partial charge in [0.2, 0.25) is 11.9 Å².